The molecule has 3 heteroatoms. The van der Waals surface area contributed by atoms with E-state index in [9.17, 15) is 4.79 Å². The number of hydrogen-bond donors (Lipinski definition) is 0. The molecule has 1 aromatic heterocycles. The van der Waals surface area contributed by atoms with Gasteiger partial charge in [0.05, 0.1) is 16.9 Å². The Morgan fingerprint density at radius 2 is 2.00 bits per heavy atom. The van der Waals surface area contributed by atoms with E-state index in [4.69, 9.17) is 5.10 Å². The molecule has 1 heterocycles. The second-order valence-electron chi connectivity index (χ2n) is 5.80. The summed E-state index contributed by atoms with van der Waals surface area (Å²) >= 11 is 0. The molecule has 2 aromatic rings. The predicted octanol–water partition coefficient (Wildman–Crippen LogP) is 3.96. The zero-order valence-corrected chi connectivity index (χ0v) is 12.1. The van der Waals surface area contributed by atoms with E-state index in [0.29, 0.717) is 5.92 Å². The maximum atomic E-state index is 11.3. The monoisotopic (exact) mass is 268 g/mol. The quantitative estimate of drug-likeness (QED) is 0.790. The van der Waals surface area contributed by atoms with Crippen molar-refractivity contribution in [2.45, 2.75) is 45.4 Å². The van der Waals surface area contributed by atoms with Crippen molar-refractivity contribution in [3.8, 4) is 5.69 Å². The third-order valence-corrected chi connectivity index (χ3v) is 4.24. The Labute approximate surface area is 119 Å². The summed E-state index contributed by atoms with van der Waals surface area (Å²) in [7, 11) is 0. The molecule has 1 fully saturated rings. The van der Waals surface area contributed by atoms with Gasteiger partial charge >= 0.3 is 0 Å². The Morgan fingerprint density at radius 1 is 1.25 bits per heavy atom. The van der Waals surface area contributed by atoms with E-state index in [0.717, 1.165) is 36.1 Å². The lowest BCUT2D eigenvalue weighted by Crippen LogP contribution is -2.01. The number of rotatable bonds is 3. The lowest BCUT2D eigenvalue weighted by Gasteiger charge is -2.08. The van der Waals surface area contributed by atoms with Gasteiger partial charge in [-0.25, -0.2) is 4.68 Å². The molecule has 1 aliphatic carbocycles. The van der Waals surface area contributed by atoms with Crippen LogP contribution in [0.5, 0.6) is 0 Å². The molecule has 0 spiro atoms. The second-order valence-corrected chi connectivity index (χ2v) is 5.80. The molecule has 0 aliphatic heterocycles. The zero-order valence-electron chi connectivity index (χ0n) is 12.1. The van der Waals surface area contributed by atoms with Crippen LogP contribution in [0.1, 0.15) is 58.8 Å². The molecule has 0 N–H and O–H groups in total. The number of aromatic nitrogens is 2. The summed E-state index contributed by atoms with van der Waals surface area (Å²) in [6.45, 7) is 4.17. The molecule has 0 atom stereocenters. The van der Waals surface area contributed by atoms with Gasteiger partial charge in [0, 0.05) is 12.1 Å². The van der Waals surface area contributed by atoms with Crippen molar-refractivity contribution in [1.82, 2.24) is 9.78 Å². The standard InChI is InChI=1S/C17H20N2O/c1-12-7-8-16(13(2)9-12)19-10-15(11-20)17(18-19)14-5-3-4-6-14/h7-11,14H,3-6H2,1-2H3. The van der Waals surface area contributed by atoms with Gasteiger partial charge in [-0.3, -0.25) is 4.79 Å². The van der Waals surface area contributed by atoms with Gasteiger partial charge in [-0.1, -0.05) is 30.5 Å². The fourth-order valence-electron chi connectivity index (χ4n) is 3.19. The lowest BCUT2D eigenvalue weighted by atomic mass is 10.0. The molecule has 3 rings (SSSR count). The van der Waals surface area contributed by atoms with Gasteiger partial charge in [-0.05, 0) is 38.3 Å². The summed E-state index contributed by atoms with van der Waals surface area (Å²) in [5.41, 5.74) is 5.21. The largest absolute Gasteiger partial charge is 0.298 e. The van der Waals surface area contributed by atoms with Crippen molar-refractivity contribution in [3.05, 3.63) is 46.8 Å². The van der Waals surface area contributed by atoms with E-state index in [1.807, 2.05) is 10.9 Å². The first-order valence-electron chi connectivity index (χ1n) is 7.31. The molecule has 0 bridgehead atoms. The summed E-state index contributed by atoms with van der Waals surface area (Å²) in [6, 6.07) is 6.30. The van der Waals surface area contributed by atoms with Gasteiger partial charge in [0.25, 0.3) is 0 Å². The molecule has 1 aromatic carbocycles. The van der Waals surface area contributed by atoms with Crippen molar-refractivity contribution in [2.75, 3.05) is 0 Å². The van der Waals surface area contributed by atoms with Crippen LogP contribution in [0.25, 0.3) is 5.69 Å². The third kappa shape index (κ3) is 2.28. The van der Waals surface area contributed by atoms with Gasteiger partial charge in [-0.2, -0.15) is 5.10 Å². The highest BCUT2D eigenvalue weighted by Gasteiger charge is 2.23. The average molecular weight is 268 g/mol. The number of aryl methyl sites for hydroxylation is 2. The van der Waals surface area contributed by atoms with Crippen LogP contribution in [-0.4, -0.2) is 16.1 Å². The lowest BCUT2D eigenvalue weighted by molar-refractivity contribution is 0.112. The Bertz CT molecular complexity index is 636. The fraction of sp³-hybridized carbons (Fsp3) is 0.412. The summed E-state index contributed by atoms with van der Waals surface area (Å²) < 4.78 is 1.87. The highest BCUT2D eigenvalue weighted by atomic mass is 16.1. The van der Waals surface area contributed by atoms with E-state index in [-0.39, 0.29) is 0 Å². The molecule has 104 valence electrons. The maximum Gasteiger partial charge on any atom is 0.153 e. The van der Waals surface area contributed by atoms with Gasteiger partial charge in [-0.15, -0.1) is 0 Å². The molecule has 3 nitrogen and oxygen atoms in total. The zero-order chi connectivity index (χ0) is 14.1. The van der Waals surface area contributed by atoms with Crippen molar-refractivity contribution >= 4 is 6.29 Å². The Balaban J connectivity index is 2.04. The average Bonchev–Trinajstić information content (AvgIpc) is 3.07. The summed E-state index contributed by atoms with van der Waals surface area (Å²) in [5, 5.41) is 4.71. The Hall–Kier alpha value is -1.90. The summed E-state index contributed by atoms with van der Waals surface area (Å²) in [4.78, 5) is 11.3. The number of hydrogen-bond acceptors (Lipinski definition) is 2. The smallest absolute Gasteiger partial charge is 0.153 e. The van der Waals surface area contributed by atoms with Gasteiger partial charge in [0.15, 0.2) is 6.29 Å². The third-order valence-electron chi connectivity index (χ3n) is 4.24. The van der Waals surface area contributed by atoms with Gasteiger partial charge < -0.3 is 0 Å². The summed E-state index contributed by atoms with van der Waals surface area (Å²) in [5.74, 6) is 0.460. The van der Waals surface area contributed by atoms with Crippen molar-refractivity contribution in [2.24, 2.45) is 0 Å². The Kier molecular flexibility index (Phi) is 3.43. The van der Waals surface area contributed by atoms with E-state index < -0.39 is 0 Å². The number of aldehydes is 1. The maximum absolute atomic E-state index is 11.3. The van der Waals surface area contributed by atoms with Crippen molar-refractivity contribution in [3.63, 3.8) is 0 Å². The normalized spacial score (nSPS) is 15.7. The van der Waals surface area contributed by atoms with Crippen LogP contribution >= 0.6 is 0 Å². The molecular formula is C17H20N2O. The van der Waals surface area contributed by atoms with Gasteiger partial charge in [0.1, 0.15) is 0 Å². The first-order valence-corrected chi connectivity index (χ1v) is 7.31. The van der Waals surface area contributed by atoms with Crippen LogP contribution in [-0.2, 0) is 0 Å². The molecule has 0 amide bonds. The topological polar surface area (TPSA) is 34.9 Å². The van der Waals surface area contributed by atoms with Crippen molar-refractivity contribution in [1.29, 1.82) is 0 Å². The van der Waals surface area contributed by atoms with Crippen LogP contribution in [0.4, 0.5) is 0 Å². The highest BCUT2D eigenvalue weighted by Crippen LogP contribution is 2.35. The number of benzene rings is 1. The van der Waals surface area contributed by atoms with E-state index in [1.54, 1.807) is 0 Å². The number of nitrogens with zero attached hydrogens (tertiary/aromatic N) is 2. The highest BCUT2D eigenvalue weighted by molar-refractivity contribution is 5.76. The van der Waals surface area contributed by atoms with Crippen LogP contribution < -0.4 is 0 Å². The molecule has 1 saturated carbocycles. The first-order chi connectivity index (χ1) is 9.69. The number of carbonyl (C=O) groups excluding carboxylic acids is 1. The predicted molar refractivity (Wildman–Crippen MR) is 79.6 cm³/mol. The minimum atomic E-state index is 0.460. The molecule has 0 radical (unpaired) electrons. The van der Waals surface area contributed by atoms with Crippen LogP contribution in [0.15, 0.2) is 24.4 Å². The first kappa shape index (κ1) is 13.1. The van der Waals surface area contributed by atoms with Crippen LogP contribution in [0.3, 0.4) is 0 Å². The Morgan fingerprint density at radius 3 is 2.65 bits per heavy atom. The minimum Gasteiger partial charge on any atom is -0.298 e. The molecular weight excluding hydrogens is 248 g/mol. The van der Waals surface area contributed by atoms with Gasteiger partial charge in [0.2, 0.25) is 0 Å². The molecule has 20 heavy (non-hydrogen) atoms. The van der Waals surface area contributed by atoms with E-state index in [1.165, 1.54) is 24.0 Å². The van der Waals surface area contributed by atoms with Crippen LogP contribution in [0, 0.1) is 13.8 Å². The fourth-order valence-corrected chi connectivity index (χ4v) is 3.19. The van der Waals surface area contributed by atoms with Crippen LogP contribution in [0.2, 0.25) is 0 Å². The number of carbonyl (C=O) groups is 1. The van der Waals surface area contributed by atoms with E-state index in [2.05, 4.69) is 32.0 Å². The molecule has 0 saturated heterocycles. The summed E-state index contributed by atoms with van der Waals surface area (Å²) in [6.07, 6.45) is 7.63. The van der Waals surface area contributed by atoms with E-state index >= 15 is 0 Å². The molecule has 0 unspecified atom stereocenters. The SMILES string of the molecule is Cc1ccc(-n2cc(C=O)c(C3CCCC3)n2)c(C)c1. The second kappa shape index (κ2) is 5.23. The molecule has 1 aliphatic rings. The minimum absolute atomic E-state index is 0.460. The van der Waals surface area contributed by atoms with Crippen molar-refractivity contribution < 1.29 is 4.79 Å².